The van der Waals surface area contributed by atoms with Gasteiger partial charge in [-0.15, -0.1) is 0 Å². The van der Waals surface area contributed by atoms with Crippen LogP contribution in [0.5, 0.6) is 5.75 Å². The summed E-state index contributed by atoms with van der Waals surface area (Å²) in [4.78, 5) is 0. The van der Waals surface area contributed by atoms with Gasteiger partial charge < -0.3 is 5.11 Å². The number of aromatic nitrogens is 2. The second-order valence-corrected chi connectivity index (χ2v) is 6.97. The van der Waals surface area contributed by atoms with Crippen LogP contribution in [-0.2, 0) is 0 Å². The summed E-state index contributed by atoms with van der Waals surface area (Å²) in [7, 11) is 0. The summed E-state index contributed by atoms with van der Waals surface area (Å²) in [6.07, 6.45) is 0. The quantitative estimate of drug-likeness (QED) is 0.502. The van der Waals surface area contributed by atoms with Crippen molar-refractivity contribution in [1.29, 1.82) is 0 Å². The molecule has 0 fully saturated rings. The van der Waals surface area contributed by atoms with E-state index in [4.69, 9.17) is 5.10 Å². The largest absolute Gasteiger partial charge is 0.504 e. The second-order valence-electron chi connectivity index (χ2n) is 6.97. The van der Waals surface area contributed by atoms with E-state index in [1.165, 1.54) is 11.1 Å². The Morgan fingerprint density at radius 2 is 1.33 bits per heavy atom. The molecule has 1 N–H and O–H groups in total. The minimum atomic E-state index is 0.203. The smallest absolute Gasteiger partial charge is 0.170 e. The van der Waals surface area contributed by atoms with E-state index in [9.17, 15) is 5.11 Å². The molecule has 0 amide bonds. The van der Waals surface area contributed by atoms with Crippen molar-refractivity contribution >= 4 is 0 Å². The van der Waals surface area contributed by atoms with E-state index < -0.39 is 0 Å². The number of benzene rings is 3. The van der Waals surface area contributed by atoms with Gasteiger partial charge in [0.15, 0.2) is 5.75 Å². The maximum absolute atomic E-state index is 11.1. The van der Waals surface area contributed by atoms with Crippen LogP contribution in [0, 0.1) is 20.8 Å². The first-order valence-corrected chi connectivity index (χ1v) is 9.06. The zero-order valence-corrected chi connectivity index (χ0v) is 15.8. The molecule has 0 aliphatic carbocycles. The molecule has 3 heteroatoms. The lowest BCUT2D eigenvalue weighted by Gasteiger charge is -2.10. The van der Waals surface area contributed by atoms with Gasteiger partial charge >= 0.3 is 0 Å². The molecule has 0 bridgehead atoms. The normalized spacial score (nSPS) is 10.9. The fourth-order valence-corrected chi connectivity index (χ4v) is 3.27. The molecule has 0 unspecified atom stereocenters. The van der Waals surface area contributed by atoms with Crippen LogP contribution in [0.1, 0.15) is 16.7 Å². The zero-order chi connectivity index (χ0) is 19.0. The minimum absolute atomic E-state index is 0.203. The molecule has 134 valence electrons. The molecular formula is C24H22N2O. The molecule has 0 radical (unpaired) electrons. The fraction of sp³-hybridized carbons (Fsp3) is 0.125. The Balaban J connectivity index is 1.99. The summed E-state index contributed by atoms with van der Waals surface area (Å²) >= 11 is 0. The van der Waals surface area contributed by atoms with Gasteiger partial charge in [0.25, 0.3) is 0 Å². The van der Waals surface area contributed by atoms with Crippen molar-refractivity contribution in [2.75, 3.05) is 0 Å². The lowest BCUT2D eigenvalue weighted by Crippen LogP contribution is -2.00. The molecule has 4 rings (SSSR count). The topological polar surface area (TPSA) is 38.0 Å². The van der Waals surface area contributed by atoms with Crippen LogP contribution < -0.4 is 0 Å². The van der Waals surface area contributed by atoms with Crippen LogP contribution in [0.4, 0.5) is 0 Å². The van der Waals surface area contributed by atoms with Crippen molar-refractivity contribution in [1.82, 2.24) is 9.78 Å². The molecule has 0 saturated carbocycles. The Bertz CT molecular complexity index is 1090. The van der Waals surface area contributed by atoms with Crippen molar-refractivity contribution < 1.29 is 5.11 Å². The lowest BCUT2D eigenvalue weighted by atomic mass is 10.0. The van der Waals surface area contributed by atoms with E-state index >= 15 is 0 Å². The summed E-state index contributed by atoms with van der Waals surface area (Å²) in [6.45, 7) is 6.16. The predicted molar refractivity (Wildman–Crippen MR) is 110 cm³/mol. The lowest BCUT2D eigenvalue weighted by molar-refractivity contribution is 0.479. The Morgan fingerprint density at radius 3 is 1.96 bits per heavy atom. The Kier molecular flexibility index (Phi) is 4.28. The molecule has 0 aliphatic rings. The first-order valence-electron chi connectivity index (χ1n) is 9.06. The third kappa shape index (κ3) is 3.13. The predicted octanol–water partition coefficient (Wildman–Crippen LogP) is 5.84. The molecule has 1 heterocycles. The van der Waals surface area contributed by atoms with E-state index in [1.807, 2.05) is 79.2 Å². The van der Waals surface area contributed by atoms with Gasteiger partial charge in [0, 0.05) is 11.1 Å². The van der Waals surface area contributed by atoms with Gasteiger partial charge in [-0.3, -0.25) is 0 Å². The first kappa shape index (κ1) is 17.1. The molecule has 0 atom stereocenters. The van der Waals surface area contributed by atoms with Crippen molar-refractivity contribution in [2.45, 2.75) is 20.8 Å². The highest BCUT2D eigenvalue weighted by atomic mass is 16.3. The summed E-state index contributed by atoms with van der Waals surface area (Å²) < 4.78 is 1.84. The van der Waals surface area contributed by atoms with Gasteiger partial charge in [0.2, 0.25) is 0 Å². The van der Waals surface area contributed by atoms with E-state index in [-0.39, 0.29) is 5.75 Å². The summed E-state index contributed by atoms with van der Waals surface area (Å²) in [5, 5.41) is 15.9. The summed E-state index contributed by atoms with van der Waals surface area (Å²) in [5.41, 5.74) is 7.56. The van der Waals surface area contributed by atoms with E-state index in [2.05, 4.69) is 19.1 Å². The monoisotopic (exact) mass is 354 g/mol. The number of aryl methyl sites for hydroxylation is 3. The second kappa shape index (κ2) is 6.76. The number of rotatable bonds is 3. The SMILES string of the molecule is Cc1ccc(-c2nn(-c3ccc(C)cc3)c(-c3ccccc3C)c2O)cc1. The van der Waals surface area contributed by atoms with Crippen molar-refractivity contribution in [2.24, 2.45) is 0 Å². The van der Waals surface area contributed by atoms with Crippen molar-refractivity contribution in [3.8, 4) is 34.0 Å². The number of hydrogen-bond acceptors (Lipinski definition) is 2. The van der Waals surface area contributed by atoms with Gasteiger partial charge in [0.1, 0.15) is 11.4 Å². The Labute approximate surface area is 159 Å². The van der Waals surface area contributed by atoms with E-state index in [0.29, 0.717) is 11.4 Å². The molecule has 0 aliphatic heterocycles. The maximum Gasteiger partial charge on any atom is 0.170 e. The van der Waals surface area contributed by atoms with Crippen LogP contribution in [0.25, 0.3) is 28.2 Å². The molecule has 0 saturated heterocycles. The van der Waals surface area contributed by atoms with Crippen LogP contribution in [-0.4, -0.2) is 14.9 Å². The standard InChI is InChI=1S/C24H22N2O/c1-16-8-12-19(13-9-16)22-24(27)23(21-7-5-4-6-18(21)3)26(25-22)20-14-10-17(2)11-15-20/h4-15,27H,1-3H3. The molecule has 3 aromatic carbocycles. The van der Waals surface area contributed by atoms with Gasteiger partial charge in [-0.05, 0) is 38.5 Å². The Hall–Kier alpha value is -3.33. The summed E-state index contributed by atoms with van der Waals surface area (Å²) in [5.74, 6) is 0.203. The third-order valence-corrected chi connectivity index (χ3v) is 4.86. The molecule has 1 aromatic heterocycles. The van der Waals surface area contributed by atoms with Crippen molar-refractivity contribution in [3.05, 3.63) is 89.5 Å². The number of aromatic hydroxyl groups is 1. The summed E-state index contributed by atoms with van der Waals surface area (Å²) in [6, 6.07) is 24.3. The van der Waals surface area contributed by atoms with Crippen LogP contribution >= 0.6 is 0 Å². The highest BCUT2D eigenvalue weighted by Crippen LogP contribution is 2.40. The highest BCUT2D eigenvalue weighted by molar-refractivity contribution is 5.80. The highest BCUT2D eigenvalue weighted by Gasteiger charge is 2.22. The van der Waals surface area contributed by atoms with Gasteiger partial charge in [0.05, 0.1) is 5.69 Å². The molecule has 4 aromatic rings. The average molecular weight is 354 g/mol. The molecule has 0 spiro atoms. The molecular weight excluding hydrogens is 332 g/mol. The van der Waals surface area contributed by atoms with Crippen LogP contribution in [0.2, 0.25) is 0 Å². The maximum atomic E-state index is 11.1. The first-order chi connectivity index (χ1) is 13.0. The Morgan fingerprint density at radius 1 is 0.741 bits per heavy atom. The van der Waals surface area contributed by atoms with Crippen LogP contribution in [0.3, 0.4) is 0 Å². The van der Waals surface area contributed by atoms with E-state index in [0.717, 1.165) is 22.4 Å². The average Bonchev–Trinajstić information content (AvgIpc) is 3.01. The number of hydrogen-bond donors (Lipinski definition) is 1. The minimum Gasteiger partial charge on any atom is -0.504 e. The van der Waals surface area contributed by atoms with Gasteiger partial charge in [-0.25, -0.2) is 4.68 Å². The third-order valence-electron chi connectivity index (χ3n) is 4.86. The number of nitrogens with zero attached hydrogens (tertiary/aromatic N) is 2. The van der Waals surface area contributed by atoms with E-state index in [1.54, 1.807) is 0 Å². The molecule has 27 heavy (non-hydrogen) atoms. The fourth-order valence-electron chi connectivity index (χ4n) is 3.27. The van der Waals surface area contributed by atoms with Gasteiger partial charge in [-0.1, -0.05) is 71.8 Å². The zero-order valence-electron chi connectivity index (χ0n) is 15.8. The van der Waals surface area contributed by atoms with Crippen LogP contribution in [0.15, 0.2) is 72.8 Å². The van der Waals surface area contributed by atoms with Crippen molar-refractivity contribution in [3.63, 3.8) is 0 Å². The van der Waals surface area contributed by atoms with Gasteiger partial charge in [-0.2, -0.15) is 5.10 Å². The molecule has 3 nitrogen and oxygen atoms in total.